The molecule has 1 unspecified atom stereocenters. The number of allylic oxidation sites excluding steroid dienone is 5. The van der Waals surface area contributed by atoms with Crippen molar-refractivity contribution < 1.29 is 14.0 Å². The van der Waals surface area contributed by atoms with E-state index in [2.05, 4.69) is 27.2 Å². The molecule has 5 rings (SSSR count). The molecule has 0 spiro atoms. The van der Waals surface area contributed by atoms with Crippen LogP contribution in [0.2, 0.25) is 0 Å². The van der Waals surface area contributed by atoms with Gasteiger partial charge in [0.25, 0.3) is 5.91 Å². The molecule has 2 heterocycles. The largest absolute Gasteiger partial charge is 0.340 e. The highest BCUT2D eigenvalue weighted by Gasteiger charge is 2.28. The quantitative estimate of drug-likeness (QED) is 0.436. The topological polar surface area (TPSA) is 87.2 Å². The summed E-state index contributed by atoms with van der Waals surface area (Å²) in [6.07, 6.45) is 10.4. The standard InChI is InChI=1S/C30H28FN5O2/c1-3-4-5-6-19(2)34-29(37)23-13-20-7-9-25(16-22(20)14-23)35-28-17-26(32-18-33-28)30(38)36-12-11-21-15-24(31)8-10-27(21)36/h3-10,15-18,23H,1,11-14H2,2H3,(H,34,37)(H,32,33,35)/b5-4-,19-6+. The van der Waals surface area contributed by atoms with Gasteiger partial charge in [-0.15, -0.1) is 0 Å². The number of carbonyl (C=O) groups is 2. The molecule has 2 amide bonds. The molecular weight excluding hydrogens is 481 g/mol. The van der Waals surface area contributed by atoms with E-state index in [0.717, 1.165) is 28.1 Å². The molecule has 2 N–H and O–H groups in total. The molecule has 1 aliphatic heterocycles. The maximum Gasteiger partial charge on any atom is 0.277 e. The maximum atomic E-state index is 13.6. The number of benzene rings is 2. The fourth-order valence-electron chi connectivity index (χ4n) is 4.91. The number of carbonyl (C=O) groups excluding carboxylic acids is 2. The van der Waals surface area contributed by atoms with Crippen molar-refractivity contribution in [1.82, 2.24) is 15.3 Å². The number of hydrogen-bond donors (Lipinski definition) is 2. The Morgan fingerprint density at radius 1 is 1.05 bits per heavy atom. The second kappa shape index (κ2) is 10.8. The highest BCUT2D eigenvalue weighted by molar-refractivity contribution is 6.06. The van der Waals surface area contributed by atoms with E-state index in [1.807, 2.05) is 37.3 Å². The Bertz CT molecular complexity index is 1480. The van der Waals surface area contributed by atoms with E-state index in [1.165, 1.54) is 18.5 Å². The van der Waals surface area contributed by atoms with Crippen LogP contribution in [-0.4, -0.2) is 28.3 Å². The predicted octanol–water partition coefficient (Wildman–Crippen LogP) is 5.04. The molecule has 1 aromatic heterocycles. The van der Waals surface area contributed by atoms with Gasteiger partial charge in [-0.2, -0.15) is 0 Å². The van der Waals surface area contributed by atoms with Crippen molar-refractivity contribution in [3.63, 3.8) is 0 Å². The van der Waals surface area contributed by atoms with Gasteiger partial charge < -0.3 is 15.5 Å². The van der Waals surface area contributed by atoms with Crippen molar-refractivity contribution in [2.45, 2.75) is 26.2 Å². The normalized spacial score (nSPS) is 16.3. The molecule has 2 aliphatic rings. The first-order valence-electron chi connectivity index (χ1n) is 12.5. The molecule has 0 saturated carbocycles. The van der Waals surface area contributed by atoms with Crippen molar-refractivity contribution in [2.75, 3.05) is 16.8 Å². The van der Waals surface area contributed by atoms with Gasteiger partial charge >= 0.3 is 0 Å². The van der Waals surface area contributed by atoms with Crippen LogP contribution in [0.4, 0.5) is 21.6 Å². The van der Waals surface area contributed by atoms with Crippen LogP contribution in [-0.2, 0) is 24.1 Å². The van der Waals surface area contributed by atoms with Crippen LogP contribution in [0, 0.1) is 11.7 Å². The summed E-state index contributed by atoms with van der Waals surface area (Å²) in [6, 6.07) is 12.1. The third-order valence-corrected chi connectivity index (χ3v) is 6.76. The molecule has 2 aromatic carbocycles. The van der Waals surface area contributed by atoms with Gasteiger partial charge in [-0.3, -0.25) is 9.59 Å². The lowest BCUT2D eigenvalue weighted by Gasteiger charge is -2.17. The molecule has 1 aliphatic carbocycles. The lowest BCUT2D eigenvalue weighted by Crippen LogP contribution is -2.29. The minimum Gasteiger partial charge on any atom is -0.340 e. The number of nitrogens with zero attached hydrogens (tertiary/aromatic N) is 3. The van der Waals surface area contributed by atoms with Crippen molar-refractivity contribution in [3.8, 4) is 0 Å². The van der Waals surface area contributed by atoms with Crippen LogP contribution in [0.5, 0.6) is 0 Å². The van der Waals surface area contributed by atoms with E-state index in [-0.39, 0.29) is 29.2 Å². The van der Waals surface area contributed by atoms with Gasteiger partial charge in [0.2, 0.25) is 5.91 Å². The highest BCUT2D eigenvalue weighted by Crippen LogP contribution is 2.32. The van der Waals surface area contributed by atoms with Crippen LogP contribution >= 0.6 is 0 Å². The number of rotatable bonds is 7. The number of amides is 2. The first-order chi connectivity index (χ1) is 18.4. The van der Waals surface area contributed by atoms with Crippen molar-refractivity contribution in [3.05, 3.63) is 114 Å². The summed E-state index contributed by atoms with van der Waals surface area (Å²) in [5.74, 6) is -0.208. The van der Waals surface area contributed by atoms with Crippen molar-refractivity contribution in [1.29, 1.82) is 0 Å². The monoisotopic (exact) mass is 509 g/mol. The number of fused-ring (bicyclic) bond motifs is 2. The summed E-state index contributed by atoms with van der Waals surface area (Å²) in [7, 11) is 0. The smallest absolute Gasteiger partial charge is 0.277 e. The molecule has 8 heteroatoms. The summed E-state index contributed by atoms with van der Waals surface area (Å²) in [6.45, 7) is 5.97. The van der Waals surface area contributed by atoms with Crippen LogP contribution < -0.4 is 15.5 Å². The van der Waals surface area contributed by atoms with Gasteiger partial charge in [0.05, 0.1) is 0 Å². The molecule has 192 valence electrons. The number of aromatic nitrogens is 2. The maximum absolute atomic E-state index is 13.6. The molecule has 0 fully saturated rings. The average Bonchev–Trinajstić information content (AvgIpc) is 3.52. The summed E-state index contributed by atoms with van der Waals surface area (Å²) >= 11 is 0. The Hall–Kier alpha value is -4.59. The Morgan fingerprint density at radius 3 is 2.74 bits per heavy atom. The molecular formula is C30H28FN5O2. The molecule has 3 aromatic rings. The zero-order chi connectivity index (χ0) is 26.6. The van der Waals surface area contributed by atoms with E-state index in [9.17, 15) is 14.0 Å². The van der Waals surface area contributed by atoms with Crippen molar-refractivity contribution >= 4 is 29.0 Å². The summed E-state index contributed by atoms with van der Waals surface area (Å²) in [5, 5.41) is 6.22. The van der Waals surface area contributed by atoms with E-state index in [0.29, 0.717) is 37.3 Å². The molecule has 7 nitrogen and oxygen atoms in total. The van der Waals surface area contributed by atoms with Gasteiger partial charge in [0, 0.05) is 35.6 Å². The SMILES string of the molecule is C=C/C=C\C=C(/C)NC(=O)C1Cc2ccc(Nc3cc(C(=O)N4CCc5cc(F)ccc54)ncn3)cc2C1. The lowest BCUT2D eigenvalue weighted by molar-refractivity contribution is -0.123. The molecule has 1 atom stereocenters. The van der Waals surface area contributed by atoms with Gasteiger partial charge in [-0.25, -0.2) is 14.4 Å². The molecule has 0 radical (unpaired) electrons. The van der Waals surface area contributed by atoms with E-state index in [4.69, 9.17) is 0 Å². The minimum absolute atomic E-state index is 0.00152. The van der Waals surface area contributed by atoms with E-state index < -0.39 is 0 Å². The Labute approximate surface area is 220 Å². The first kappa shape index (κ1) is 25.1. The Morgan fingerprint density at radius 2 is 1.89 bits per heavy atom. The zero-order valence-corrected chi connectivity index (χ0v) is 21.1. The van der Waals surface area contributed by atoms with Crippen LogP contribution in [0.25, 0.3) is 0 Å². The summed E-state index contributed by atoms with van der Waals surface area (Å²) in [4.78, 5) is 36.0. The van der Waals surface area contributed by atoms with Crippen LogP contribution in [0.15, 0.2) is 85.4 Å². The summed E-state index contributed by atoms with van der Waals surface area (Å²) in [5.41, 5.74) is 5.62. The zero-order valence-electron chi connectivity index (χ0n) is 21.1. The van der Waals surface area contributed by atoms with Gasteiger partial charge in [0.15, 0.2) is 0 Å². The third kappa shape index (κ3) is 5.39. The third-order valence-electron chi connectivity index (χ3n) is 6.76. The molecule has 0 bridgehead atoms. The molecule has 0 saturated heterocycles. The Kier molecular flexibility index (Phi) is 7.13. The van der Waals surface area contributed by atoms with E-state index in [1.54, 1.807) is 29.2 Å². The highest BCUT2D eigenvalue weighted by atomic mass is 19.1. The number of halogens is 1. The van der Waals surface area contributed by atoms with Gasteiger partial charge in [-0.05, 0) is 79.3 Å². The van der Waals surface area contributed by atoms with Gasteiger partial charge in [-0.1, -0.05) is 30.9 Å². The first-order valence-corrected chi connectivity index (χ1v) is 12.5. The second-order valence-corrected chi connectivity index (χ2v) is 9.44. The fourth-order valence-corrected chi connectivity index (χ4v) is 4.91. The van der Waals surface area contributed by atoms with Gasteiger partial charge in [0.1, 0.15) is 23.7 Å². The summed E-state index contributed by atoms with van der Waals surface area (Å²) < 4.78 is 13.6. The van der Waals surface area contributed by atoms with E-state index >= 15 is 0 Å². The molecule has 38 heavy (non-hydrogen) atoms. The number of anilines is 3. The predicted molar refractivity (Wildman–Crippen MR) is 146 cm³/mol. The second-order valence-electron chi connectivity index (χ2n) is 9.44. The minimum atomic E-state index is -0.309. The Balaban J connectivity index is 1.25. The fraction of sp³-hybridized carbons (Fsp3) is 0.200. The van der Waals surface area contributed by atoms with Crippen LogP contribution in [0.1, 0.15) is 34.1 Å². The average molecular weight is 510 g/mol. The lowest BCUT2D eigenvalue weighted by atomic mass is 10.1. The number of hydrogen-bond acceptors (Lipinski definition) is 5. The van der Waals surface area contributed by atoms with Crippen molar-refractivity contribution in [2.24, 2.45) is 5.92 Å². The number of nitrogens with one attached hydrogen (secondary N) is 2. The van der Waals surface area contributed by atoms with Crippen LogP contribution in [0.3, 0.4) is 0 Å².